The molecule has 20 heavy (non-hydrogen) atoms. The van der Waals surface area contributed by atoms with Crippen LogP contribution in [0, 0.1) is 0 Å². The van der Waals surface area contributed by atoms with Gasteiger partial charge in [-0.1, -0.05) is 5.11 Å². The Morgan fingerprint density at radius 2 is 2.00 bits per heavy atom. The number of carboxylic acids is 1. The van der Waals surface area contributed by atoms with E-state index < -0.39 is 30.4 Å². The number of carbonyl (C=O) groups excluding carboxylic acids is 2. The van der Waals surface area contributed by atoms with E-state index in [1.807, 2.05) is 0 Å². The van der Waals surface area contributed by atoms with E-state index in [-0.39, 0.29) is 13.0 Å². The lowest BCUT2D eigenvalue weighted by atomic mass is 10.1. The van der Waals surface area contributed by atoms with Crippen LogP contribution in [0.1, 0.15) is 19.3 Å². The third-order valence-corrected chi connectivity index (χ3v) is 2.30. The number of unbranched alkanes of at least 4 members (excludes halogenated alkanes) is 1. The van der Waals surface area contributed by atoms with Crippen molar-refractivity contribution in [1.29, 1.82) is 0 Å². The van der Waals surface area contributed by atoms with Crippen molar-refractivity contribution in [3.8, 4) is 0 Å². The first-order valence-corrected chi connectivity index (χ1v) is 6.01. The number of hydrogen-bond donors (Lipinski definition) is 4. The van der Waals surface area contributed by atoms with Gasteiger partial charge >= 0.3 is 5.97 Å². The van der Waals surface area contributed by atoms with E-state index in [0.717, 1.165) is 0 Å². The molecular formula is C10H18N6O4. The molecule has 5 N–H and O–H groups in total. The second-order valence-corrected chi connectivity index (χ2v) is 3.91. The Morgan fingerprint density at radius 1 is 1.30 bits per heavy atom. The zero-order valence-corrected chi connectivity index (χ0v) is 10.9. The Morgan fingerprint density at radius 3 is 2.55 bits per heavy atom. The summed E-state index contributed by atoms with van der Waals surface area (Å²) in [5.74, 6) is -2.39. The summed E-state index contributed by atoms with van der Waals surface area (Å²) >= 11 is 0. The molecular weight excluding hydrogens is 268 g/mol. The predicted octanol–water partition coefficient (Wildman–Crippen LogP) is -0.889. The fourth-order valence-electron chi connectivity index (χ4n) is 1.33. The van der Waals surface area contributed by atoms with Crippen LogP contribution in [0.2, 0.25) is 0 Å². The van der Waals surface area contributed by atoms with Crippen molar-refractivity contribution in [2.75, 3.05) is 19.6 Å². The zero-order valence-electron chi connectivity index (χ0n) is 10.9. The summed E-state index contributed by atoms with van der Waals surface area (Å²) in [5, 5.41) is 16.4. The third kappa shape index (κ3) is 8.72. The van der Waals surface area contributed by atoms with Gasteiger partial charge in [-0.05, 0) is 31.3 Å². The summed E-state index contributed by atoms with van der Waals surface area (Å²) in [6.45, 7) is -0.334. The van der Waals surface area contributed by atoms with E-state index in [0.29, 0.717) is 19.4 Å². The van der Waals surface area contributed by atoms with Gasteiger partial charge in [0.2, 0.25) is 11.8 Å². The van der Waals surface area contributed by atoms with Gasteiger partial charge in [0.25, 0.3) is 0 Å². The Kier molecular flexibility index (Phi) is 9.36. The number of rotatable bonds is 10. The molecule has 0 bridgehead atoms. The number of amides is 2. The smallest absolute Gasteiger partial charge is 0.326 e. The quantitative estimate of drug-likeness (QED) is 0.176. The highest BCUT2D eigenvalue weighted by Crippen LogP contribution is 2.00. The molecule has 0 aromatic carbocycles. The first kappa shape index (κ1) is 17.7. The summed E-state index contributed by atoms with van der Waals surface area (Å²) in [4.78, 5) is 35.8. The zero-order chi connectivity index (χ0) is 15.4. The number of aliphatic carboxylic acids is 1. The van der Waals surface area contributed by atoms with E-state index in [1.165, 1.54) is 0 Å². The van der Waals surface area contributed by atoms with Gasteiger partial charge in [-0.15, -0.1) is 0 Å². The highest BCUT2D eigenvalue weighted by molar-refractivity contribution is 5.88. The van der Waals surface area contributed by atoms with E-state index in [9.17, 15) is 14.4 Å². The Bertz CT molecular complexity index is 393. The first-order valence-electron chi connectivity index (χ1n) is 6.01. The summed E-state index contributed by atoms with van der Waals surface area (Å²) in [7, 11) is 0. The fraction of sp³-hybridized carbons (Fsp3) is 0.700. The fourth-order valence-corrected chi connectivity index (χ4v) is 1.33. The van der Waals surface area contributed by atoms with Crippen LogP contribution in [0.25, 0.3) is 10.4 Å². The molecule has 0 fully saturated rings. The first-order chi connectivity index (χ1) is 9.51. The van der Waals surface area contributed by atoms with E-state index in [2.05, 4.69) is 20.7 Å². The number of carboxylic acid groups (broad SMARTS) is 1. The SMILES string of the molecule is [N-]=[N+]=NCC(=O)NCC(=O)N[C@@H](CCCCN)C(=O)O. The molecule has 0 radical (unpaired) electrons. The minimum absolute atomic E-state index is 0.269. The van der Waals surface area contributed by atoms with Crippen molar-refractivity contribution in [2.24, 2.45) is 10.8 Å². The van der Waals surface area contributed by atoms with Crippen LogP contribution < -0.4 is 16.4 Å². The van der Waals surface area contributed by atoms with Crippen LogP contribution in [0.3, 0.4) is 0 Å². The highest BCUT2D eigenvalue weighted by atomic mass is 16.4. The van der Waals surface area contributed by atoms with Crippen LogP contribution in [0.5, 0.6) is 0 Å². The molecule has 0 unspecified atom stereocenters. The van der Waals surface area contributed by atoms with Gasteiger partial charge in [0.05, 0.1) is 6.54 Å². The lowest BCUT2D eigenvalue weighted by Crippen LogP contribution is -2.45. The van der Waals surface area contributed by atoms with E-state index >= 15 is 0 Å². The lowest BCUT2D eigenvalue weighted by molar-refractivity contribution is -0.141. The van der Waals surface area contributed by atoms with Crippen molar-refractivity contribution in [3.63, 3.8) is 0 Å². The van der Waals surface area contributed by atoms with Gasteiger partial charge in [0.1, 0.15) is 12.6 Å². The minimum atomic E-state index is -1.14. The van der Waals surface area contributed by atoms with Gasteiger partial charge in [0, 0.05) is 4.91 Å². The van der Waals surface area contributed by atoms with E-state index in [1.54, 1.807) is 0 Å². The van der Waals surface area contributed by atoms with Crippen LogP contribution in [0.4, 0.5) is 0 Å². The number of azide groups is 1. The number of hydrogen-bond acceptors (Lipinski definition) is 5. The molecule has 1 atom stereocenters. The second kappa shape index (κ2) is 10.6. The number of nitrogens with two attached hydrogens (primary N) is 1. The molecule has 0 heterocycles. The molecule has 10 heteroatoms. The maximum atomic E-state index is 11.5. The molecule has 0 aliphatic heterocycles. The average molecular weight is 286 g/mol. The predicted molar refractivity (Wildman–Crippen MR) is 69.5 cm³/mol. The molecule has 112 valence electrons. The Balaban J connectivity index is 4.09. The highest BCUT2D eigenvalue weighted by Gasteiger charge is 2.19. The molecule has 0 aromatic heterocycles. The molecule has 0 rings (SSSR count). The molecule has 2 amide bonds. The maximum Gasteiger partial charge on any atom is 0.326 e. The van der Waals surface area contributed by atoms with Gasteiger partial charge in [-0.2, -0.15) is 0 Å². The monoisotopic (exact) mass is 286 g/mol. The number of nitrogens with one attached hydrogen (secondary N) is 2. The second-order valence-electron chi connectivity index (χ2n) is 3.91. The molecule has 0 saturated carbocycles. The number of nitrogens with zero attached hydrogens (tertiary/aromatic N) is 3. The van der Waals surface area contributed by atoms with Gasteiger partial charge < -0.3 is 21.5 Å². The molecule has 0 spiro atoms. The topological polar surface area (TPSA) is 170 Å². The van der Waals surface area contributed by atoms with Gasteiger partial charge in [-0.25, -0.2) is 4.79 Å². The standard InChI is InChI=1S/C10H18N6O4/c11-4-2-1-3-7(10(19)20)15-9(18)5-13-8(17)6-14-16-12/h7H,1-6,11H2,(H,13,17)(H,15,18)(H,19,20)/t7-/m0/s1. The molecule has 0 saturated heterocycles. The van der Waals surface area contributed by atoms with Crippen LogP contribution >= 0.6 is 0 Å². The van der Waals surface area contributed by atoms with Crippen LogP contribution in [-0.2, 0) is 14.4 Å². The molecule has 10 nitrogen and oxygen atoms in total. The van der Waals surface area contributed by atoms with Crippen molar-refractivity contribution < 1.29 is 19.5 Å². The largest absolute Gasteiger partial charge is 0.480 e. The average Bonchev–Trinajstić information content (AvgIpc) is 2.41. The van der Waals surface area contributed by atoms with Crippen molar-refractivity contribution in [1.82, 2.24) is 10.6 Å². The lowest BCUT2D eigenvalue weighted by Gasteiger charge is -2.14. The molecule has 0 aliphatic carbocycles. The molecule has 0 aromatic rings. The Labute approximate surface area is 115 Å². The Hall–Kier alpha value is -2.32. The third-order valence-electron chi connectivity index (χ3n) is 2.30. The maximum absolute atomic E-state index is 11.5. The number of carbonyl (C=O) groups is 3. The molecule has 0 aliphatic rings. The minimum Gasteiger partial charge on any atom is -0.480 e. The van der Waals surface area contributed by atoms with Crippen LogP contribution in [-0.4, -0.2) is 48.6 Å². The van der Waals surface area contributed by atoms with E-state index in [4.69, 9.17) is 16.4 Å². The summed E-state index contributed by atoms with van der Waals surface area (Å²) in [6, 6.07) is -1.01. The summed E-state index contributed by atoms with van der Waals surface area (Å²) in [5.41, 5.74) is 13.3. The van der Waals surface area contributed by atoms with Crippen molar-refractivity contribution in [3.05, 3.63) is 10.4 Å². The summed E-state index contributed by atoms with van der Waals surface area (Å²) < 4.78 is 0. The van der Waals surface area contributed by atoms with Gasteiger partial charge in [0.15, 0.2) is 0 Å². The van der Waals surface area contributed by atoms with Crippen molar-refractivity contribution in [2.45, 2.75) is 25.3 Å². The normalized spacial score (nSPS) is 11.1. The van der Waals surface area contributed by atoms with Crippen LogP contribution in [0.15, 0.2) is 5.11 Å². The van der Waals surface area contributed by atoms with Crippen molar-refractivity contribution >= 4 is 17.8 Å². The van der Waals surface area contributed by atoms with Gasteiger partial charge in [-0.3, -0.25) is 9.59 Å². The summed E-state index contributed by atoms with van der Waals surface area (Å²) in [6.07, 6.45) is 1.52.